The molecule has 3 heterocycles. The second-order valence-electron chi connectivity index (χ2n) is 6.33. The Kier molecular flexibility index (Phi) is 4.61. The quantitative estimate of drug-likeness (QED) is 0.766. The van der Waals surface area contributed by atoms with Crippen LogP contribution in [0.1, 0.15) is 34.6 Å². The van der Waals surface area contributed by atoms with Crippen molar-refractivity contribution < 1.29 is 9.32 Å². The Hall–Kier alpha value is -2.44. The van der Waals surface area contributed by atoms with Crippen molar-refractivity contribution in [3.05, 3.63) is 58.4 Å². The van der Waals surface area contributed by atoms with Crippen LogP contribution < -0.4 is 5.32 Å². The Morgan fingerprint density at radius 3 is 3.12 bits per heavy atom. The van der Waals surface area contributed by atoms with Crippen molar-refractivity contribution in [3.8, 4) is 0 Å². The van der Waals surface area contributed by atoms with E-state index >= 15 is 0 Å². The van der Waals surface area contributed by atoms with Crippen molar-refractivity contribution >= 4 is 28.6 Å². The summed E-state index contributed by atoms with van der Waals surface area (Å²) < 4.78 is 5.21. The van der Waals surface area contributed by atoms with Crippen molar-refractivity contribution in [1.29, 1.82) is 0 Å². The molecule has 1 aliphatic heterocycles. The van der Waals surface area contributed by atoms with E-state index in [4.69, 9.17) is 16.1 Å². The van der Waals surface area contributed by atoms with Crippen molar-refractivity contribution in [2.24, 2.45) is 0 Å². The molecule has 0 aliphatic carbocycles. The van der Waals surface area contributed by atoms with Crippen LogP contribution in [-0.4, -0.2) is 40.6 Å². The molecular formula is C19H19ClN4O2. The van der Waals surface area contributed by atoms with Crippen LogP contribution in [0, 0.1) is 0 Å². The highest BCUT2D eigenvalue weighted by atomic mass is 35.5. The lowest BCUT2D eigenvalue weighted by Gasteiger charge is -2.36. The van der Waals surface area contributed by atoms with Crippen LogP contribution in [0.25, 0.3) is 11.1 Å². The molecule has 1 unspecified atom stereocenters. The number of rotatable bonds is 3. The van der Waals surface area contributed by atoms with Gasteiger partial charge in [-0.3, -0.25) is 4.79 Å². The first-order chi connectivity index (χ1) is 12.7. The number of aryl methyl sites for hydroxylation is 1. The van der Waals surface area contributed by atoms with E-state index < -0.39 is 0 Å². The summed E-state index contributed by atoms with van der Waals surface area (Å²) in [5.74, 6) is -0.0471. The average molecular weight is 371 g/mol. The Labute approximate surface area is 156 Å². The van der Waals surface area contributed by atoms with E-state index in [1.54, 1.807) is 6.20 Å². The summed E-state index contributed by atoms with van der Waals surface area (Å²) >= 11 is 6.14. The molecule has 1 atom stereocenters. The minimum atomic E-state index is -0.0706. The van der Waals surface area contributed by atoms with Crippen molar-refractivity contribution in [2.75, 3.05) is 19.6 Å². The summed E-state index contributed by atoms with van der Waals surface area (Å²) in [5, 5.41) is 8.83. The maximum atomic E-state index is 13.2. The number of aromatic nitrogens is 2. The van der Waals surface area contributed by atoms with Gasteiger partial charge in [-0.1, -0.05) is 35.8 Å². The van der Waals surface area contributed by atoms with Crippen LogP contribution in [0.15, 0.2) is 41.1 Å². The number of carbonyl (C=O) groups excluding carboxylic acids is 1. The van der Waals surface area contributed by atoms with E-state index in [1.807, 2.05) is 42.2 Å². The zero-order valence-electron chi connectivity index (χ0n) is 14.4. The van der Waals surface area contributed by atoms with Gasteiger partial charge in [-0.05, 0) is 30.2 Å². The third kappa shape index (κ3) is 3.06. The minimum absolute atomic E-state index is 0.0471. The summed E-state index contributed by atoms with van der Waals surface area (Å²) in [6.07, 6.45) is 2.29. The summed E-state index contributed by atoms with van der Waals surface area (Å²) in [4.78, 5) is 19.4. The number of nitrogens with zero attached hydrogens (tertiary/aromatic N) is 3. The second-order valence-corrected chi connectivity index (χ2v) is 6.77. The van der Waals surface area contributed by atoms with Gasteiger partial charge in [0.25, 0.3) is 11.6 Å². The molecule has 1 saturated heterocycles. The van der Waals surface area contributed by atoms with Crippen LogP contribution in [0.5, 0.6) is 0 Å². The van der Waals surface area contributed by atoms with Crippen LogP contribution in [0.2, 0.25) is 5.02 Å². The maximum absolute atomic E-state index is 13.2. The number of hydrogen-bond acceptors (Lipinski definition) is 5. The standard InChI is InChI=1S/C19H19ClN4O2/c1-2-16-15-9-13(10-22-18(15)26-23-16)19(25)24-7-6-21-11-17(24)12-4-3-5-14(20)8-12/h3-5,8-10,17,21H,2,6-7,11H2,1H3. The molecule has 7 heteroatoms. The Morgan fingerprint density at radius 1 is 1.42 bits per heavy atom. The molecule has 0 saturated carbocycles. The molecule has 4 rings (SSSR count). The molecule has 3 aromatic rings. The fourth-order valence-corrected chi connectivity index (χ4v) is 3.57. The molecule has 0 bridgehead atoms. The van der Waals surface area contributed by atoms with Gasteiger partial charge in [0.15, 0.2) is 0 Å². The minimum Gasteiger partial charge on any atom is -0.336 e. The highest BCUT2D eigenvalue weighted by Gasteiger charge is 2.29. The topological polar surface area (TPSA) is 71.3 Å². The molecule has 134 valence electrons. The fourth-order valence-electron chi connectivity index (χ4n) is 3.38. The Balaban J connectivity index is 1.69. The summed E-state index contributed by atoms with van der Waals surface area (Å²) in [6, 6.07) is 9.42. The van der Waals surface area contributed by atoms with Gasteiger partial charge in [-0.2, -0.15) is 0 Å². The van der Waals surface area contributed by atoms with Crippen molar-refractivity contribution in [3.63, 3.8) is 0 Å². The fraction of sp³-hybridized carbons (Fsp3) is 0.316. The van der Waals surface area contributed by atoms with E-state index in [1.165, 1.54) is 0 Å². The third-order valence-corrected chi connectivity index (χ3v) is 4.96. The normalized spacial score (nSPS) is 17.6. The number of hydrogen-bond donors (Lipinski definition) is 1. The number of amides is 1. The highest BCUT2D eigenvalue weighted by molar-refractivity contribution is 6.30. The van der Waals surface area contributed by atoms with Gasteiger partial charge >= 0.3 is 0 Å². The predicted molar refractivity (Wildman–Crippen MR) is 99.3 cm³/mol. The summed E-state index contributed by atoms with van der Waals surface area (Å²) in [5.41, 5.74) is 2.84. The van der Waals surface area contributed by atoms with E-state index in [0.29, 0.717) is 29.4 Å². The molecule has 1 fully saturated rings. The first kappa shape index (κ1) is 17.0. The largest absolute Gasteiger partial charge is 0.336 e. The Morgan fingerprint density at radius 2 is 2.31 bits per heavy atom. The molecule has 1 amide bonds. The number of nitrogens with one attached hydrogen (secondary N) is 1. The SMILES string of the molecule is CCc1noc2ncc(C(=O)N3CCNCC3c3cccc(Cl)c3)cc12. The van der Waals surface area contributed by atoms with Gasteiger partial charge in [0, 0.05) is 30.9 Å². The van der Waals surface area contributed by atoms with E-state index in [2.05, 4.69) is 15.5 Å². The molecule has 1 N–H and O–H groups in total. The first-order valence-corrected chi connectivity index (χ1v) is 9.06. The zero-order chi connectivity index (χ0) is 18.1. The van der Waals surface area contributed by atoms with Crippen LogP contribution >= 0.6 is 11.6 Å². The molecule has 0 spiro atoms. The molecule has 1 aromatic carbocycles. The molecule has 6 nitrogen and oxygen atoms in total. The second kappa shape index (κ2) is 7.05. The molecule has 2 aromatic heterocycles. The number of piperazine rings is 1. The van der Waals surface area contributed by atoms with Crippen molar-refractivity contribution in [2.45, 2.75) is 19.4 Å². The Bertz CT molecular complexity index is 956. The summed E-state index contributed by atoms with van der Waals surface area (Å²) in [6.45, 7) is 4.07. The smallest absolute Gasteiger partial charge is 0.257 e. The zero-order valence-corrected chi connectivity index (χ0v) is 15.2. The number of fused-ring (bicyclic) bond motifs is 1. The van der Waals surface area contributed by atoms with Gasteiger partial charge in [0.1, 0.15) is 0 Å². The van der Waals surface area contributed by atoms with Crippen LogP contribution in [-0.2, 0) is 6.42 Å². The molecular weight excluding hydrogens is 352 g/mol. The number of halogens is 1. The molecule has 26 heavy (non-hydrogen) atoms. The monoisotopic (exact) mass is 370 g/mol. The van der Waals surface area contributed by atoms with Gasteiger partial charge in [0.2, 0.25) is 0 Å². The lowest BCUT2D eigenvalue weighted by molar-refractivity contribution is 0.0634. The van der Waals surface area contributed by atoms with Crippen molar-refractivity contribution in [1.82, 2.24) is 20.4 Å². The predicted octanol–water partition coefficient (Wildman–Crippen LogP) is 3.23. The first-order valence-electron chi connectivity index (χ1n) is 8.69. The van der Waals surface area contributed by atoms with Gasteiger partial charge in [-0.15, -0.1) is 0 Å². The molecule has 1 aliphatic rings. The van der Waals surface area contributed by atoms with E-state index in [9.17, 15) is 4.79 Å². The van der Waals surface area contributed by atoms with Crippen LogP contribution in [0.4, 0.5) is 0 Å². The van der Waals surface area contributed by atoms with Gasteiger partial charge in [-0.25, -0.2) is 4.98 Å². The number of carbonyl (C=O) groups is 1. The lowest BCUT2D eigenvalue weighted by Crippen LogP contribution is -2.48. The highest BCUT2D eigenvalue weighted by Crippen LogP contribution is 2.27. The summed E-state index contributed by atoms with van der Waals surface area (Å²) in [7, 11) is 0. The number of benzene rings is 1. The number of pyridine rings is 1. The third-order valence-electron chi connectivity index (χ3n) is 4.72. The maximum Gasteiger partial charge on any atom is 0.257 e. The van der Waals surface area contributed by atoms with Crippen LogP contribution in [0.3, 0.4) is 0 Å². The van der Waals surface area contributed by atoms with E-state index in [-0.39, 0.29) is 11.9 Å². The average Bonchev–Trinajstić information content (AvgIpc) is 3.09. The van der Waals surface area contributed by atoms with Gasteiger partial charge in [0.05, 0.1) is 22.7 Å². The lowest BCUT2D eigenvalue weighted by atomic mass is 10.0. The van der Waals surface area contributed by atoms with E-state index in [0.717, 1.165) is 29.6 Å². The molecule has 0 radical (unpaired) electrons. The van der Waals surface area contributed by atoms with Gasteiger partial charge < -0.3 is 14.7 Å².